The summed E-state index contributed by atoms with van der Waals surface area (Å²) in [6.07, 6.45) is 3.72. The van der Waals surface area contributed by atoms with Gasteiger partial charge in [0.15, 0.2) is 0 Å². The maximum absolute atomic E-state index is 5.67. The third-order valence-electron chi connectivity index (χ3n) is 3.38. The van der Waals surface area contributed by atoms with Crippen LogP contribution in [0.5, 0.6) is 0 Å². The van der Waals surface area contributed by atoms with Crippen LogP contribution in [0.2, 0.25) is 0 Å². The second kappa shape index (κ2) is 4.01. The minimum absolute atomic E-state index is 0.263. The van der Waals surface area contributed by atoms with E-state index in [9.17, 15) is 0 Å². The number of hydrogen-bond donors (Lipinski definition) is 1. The lowest BCUT2D eigenvalue weighted by Crippen LogP contribution is -2.40. The largest absolute Gasteiger partial charge is 0.465 e. The highest BCUT2D eigenvalue weighted by Gasteiger charge is 2.37. The van der Waals surface area contributed by atoms with Gasteiger partial charge in [-0.1, -0.05) is 6.92 Å². The molecule has 0 unspecified atom stereocenters. The van der Waals surface area contributed by atoms with E-state index in [0.29, 0.717) is 0 Å². The highest BCUT2D eigenvalue weighted by Crippen LogP contribution is 2.39. The van der Waals surface area contributed by atoms with Crippen molar-refractivity contribution in [3.8, 4) is 0 Å². The predicted octanol–water partition coefficient (Wildman–Crippen LogP) is 3.12. The summed E-state index contributed by atoms with van der Waals surface area (Å²) < 4.78 is 5.67. The summed E-state index contributed by atoms with van der Waals surface area (Å²) in [6.45, 7) is 7.54. The van der Waals surface area contributed by atoms with Gasteiger partial charge in [-0.25, -0.2) is 0 Å². The molecule has 1 aliphatic carbocycles. The minimum Gasteiger partial charge on any atom is -0.465 e. The number of rotatable bonds is 5. The van der Waals surface area contributed by atoms with Crippen molar-refractivity contribution < 1.29 is 4.42 Å². The fourth-order valence-electron chi connectivity index (χ4n) is 1.97. The van der Waals surface area contributed by atoms with Crippen LogP contribution in [0, 0.1) is 5.92 Å². The molecule has 0 radical (unpaired) electrons. The van der Waals surface area contributed by atoms with Gasteiger partial charge in [-0.2, -0.15) is 0 Å². The molecule has 2 rings (SSSR count). The fraction of sp³-hybridized carbons (Fsp3) is 0.692. The maximum atomic E-state index is 5.67. The third-order valence-corrected chi connectivity index (χ3v) is 3.38. The van der Waals surface area contributed by atoms with Crippen LogP contribution >= 0.6 is 0 Å². The Labute approximate surface area is 92.1 Å². The standard InChI is InChI=1S/C13H21NO/c1-4-11-7-8-12(15-11)9-14-13(2,3)10-5-6-10/h7-8,10,14H,4-6,9H2,1-3H3. The lowest BCUT2D eigenvalue weighted by atomic mass is 9.99. The van der Waals surface area contributed by atoms with Gasteiger partial charge < -0.3 is 9.73 Å². The highest BCUT2D eigenvalue weighted by molar-refractivity contribution is 5.07. The summed E-state index contributed by atoms with van der Waals surface area (Å²) in [4.78, 5) is 0. The van der Waals surface area contributed by atoms with Crippen LogP contribution in [0.25, 0.3) is 0 Å². The molecule has 0 aromatic carbocycles. The second-order valence-corrected chi connectivity index (χ2v) is 5.07. The SMILES string of the molecule is CCc1ccc(CNC(C)(C)C2CC2)o1. The van der Waals surface area contributed by atoms with Gasteiger partial charge >= 0.3 is 0 Å². The molecule has 84 valence electrons. The molecule has 0 bridgehead atoms. The molecule has 1 aliphatic rings. The Morgan fingerprint density at radius 2 is 2.00 bits per heavy atom. The smallest absolute Gasteiger partial charge is 0.117 e. The summed E-state index contributed by atoms with van der Waals surface area (Å²) in [5, 5.41) is 3.58. The molecular weight excluding hydrogens is 186 g/mol. The molecule has 1 aromatic rings. The topological polar surface area (TPSA) is 25.2 Å². The number of hydrogen-bond acceptors (Lipinski definition) is 2. The first-order valence-corrected chi connectivity index (χ1v) is 5.94. The molecule has 0 saturated heterocycles. The molecule has 1 N–H and O–H groups in total. The lowest BCUT2D eigenvalue weighted by Gasteiger charge is -2.25. The van der Waals surface area contributed by atoms with Crippen LogP contribution in [0.1, 0.15) is 45.1 Å². The van der Waals surface area contributed by atoms with Crippen molar-refractivity contribution in [2.75, 3.05) is 0 Å². The van der Waals surface area contributed by atoms with Crippen molar-refractivity contribution in [2.24, 2.45) is 5.92 Å². The number of nitrogens with one attached hydrogen (secondary N) is 1. The first-order valence-electron chi connectivity index (χ1n) is 5.94. The predicted molar refractivity (Wildman–Crippen MR) is 61.7 cm³/mol. The van der Waals surface area contributed by atoms with E-state index in [1.54, 1.807) is 0 Å². The molecule has 1 saturated carbocycles. The Hall–Kier alpha value is -0.760. The molecule has 0 aliphatic heterocycles. The first-order chi connectivity index (χ1) is 7.12. The molecule has 0 spiro atoms. The maximum Gasteiger partial charge on any atom is 0.117 e. The normalized spacial score (nSPS) is 17.0. The summed E-state index contributed by atoms with van der Waals surface area (Å²) in [7, 11) is 0. The first kappa shape index (κ1) is 10.7. The van der Waals surface area contributed by atoms with E-state index < -0.39 is 0 Å². The zero-order valence-electron chi connectivity index (χ0n) is 9.97. The Kier molecular flexibility index (Phi) is 2.87. The van der Waals surface area contributed by atoms with Crippen LogP contribution in [-0.2, 0) is 13.0 Å². The molecule has 0 amide bonds. The van der Waals surface area contributed by atoms with Crippen molar-refractivity contribution in [1.29, 1.82) is 0 Å². The fourth-order valence-corrected chi connectivity index (χ4v) is 1.97. The molecule has 0 atom stereocenters. The summed E-state index contributed by atoms with van der Waals surface area (Å²) in [5.41, 5.74) is 0.263. The summed E-state index contributed by atoms with van der Waals surface area (Å²) in [6, 6.07) is 4.15. The van der Waals surface area contributed by atoms with Crippen LogP contribution in [-0.4, -0.2) is 5.54 Å². The molecule has 1 aromatic heterocycles. The van der Waals surface area contributed by atoms with E-state index in [0.717, 1.165) is 30.4 Å². The van der Waals surface area contributed by atoms with Gasteiger partial charge in [-0.3, -0.25) is 0 Å². The van der Waals surface area contributed by atoms with E-state index in [4.69, 9.17) is 4.42 Å². The molecule has 15 heavy (non-hydrogen) atoms. The Morgan fingerprint density at radius 1 is 1.33 bits per heavy atom. The van der Waals surface area contributed by atoms with Crippen LogP contribution in [0.15, 0.2) is 16.5 Å². The quantitative estimate of drug-likeness (QED) is 0.802. The number of furan rings is 1. The molecular formula is C13H21NO. The van der Waals surface area contributed by atoms with Gasteiger partial charge in [-0.05, 0) is 44.7 Å². The Morgan fingerprint density at radius 3 is 2.53 bits per heavy atom. The van der Waals surface area contributed by atoms with Crippen molar-refractivity contribution >= 4 is 0 Å². The summed E-state index contributed by atoms with van der Waals surface area (Å²) in [5.74, 6) is 3.00. The van der Waals surface area contributed by atoms with Crippen LogP contribution in [0.4, 0.5) is 0 Å². The van der Waals surface area contributed by atoms with Crippen molar-refractivity contribution in [3.05, 3.63) is 23.7 Å². The van der Waals surface area contributed by atoms with Crippen molar-refractivity contribution in [1.82, 2.24) is 5.32 Å². The van der Waals surface area contributed by atoms with E-state index in [2.05, 4.69) is 38.2 Å². The van der Waals surface area contributed by atoms with Crippen molar-refractivity contribution in [3.63, 3.8) is 0 Å². The minimum atomic E-state index is 0.263. The Balaban J connectivity index is 1.86. The van der Waals surface area contributed by atoms with Gasteiger partial charge in [-0.15, -0.1) is 0 Å². The highest BCUT2D eigenvalue weighted by atomic mass is 16.3. The van der Waals surface area contributed by atoms with E-state index >= 15 is 0 Å². The number of aryl methyl sites for hydroxylation is 1. The van der Waals surface area contributed by atoms with Crippen LogP contribution < -0.4 is 5.32 Å². The zero-order chi connectivity index (χ0) is 10.9. The summed E-state index contributed by atoms with van der Waals surface area (Å²) >= 11 is 0. The average molecular weight is 207 g/mol. The molecule has 1 heterocycles. The molecule has 2 nitrogen and oxygen atoms in total. The second-order valence-electron chi connectivity index (χ2n) is 5.07. The molecule has 2 heteroatoms. The van der Waals surface area contributed by atoms with Gasteiger partial charge in [0.25, 0.3) is 0 Å². The van der Waals surface area contributed by atoms with Gasteiger partial charge in [0, 0.05) is 12.0 Å². The van der Waals surface area contributed by atoms with E-state index in [1.807, 2.05) is 0 Å². The van der Waals surface area contributed by atoms with Crippen molar-refractivity contribution in [2.45, 2.75) is 52.1 Å². The van der Waals surface area contributed by atoms with Gasteiger partial charge in [0.2, 0.25) is 0 Å². The van der Waals surface area contributed by atoms with E-state index in [-0.39, 0.29) is 5.54 Å². The zero-order valence-corrected chi connectivity index (χ0v) is 9.97. The lowest BCUT2D eigenvalue weighted by molar-refractivity contribution is 0.320. The monoisotopic (exact) mass is 207 g/mol. The van der Waals surface area contributed by atoms with Crippen LogP contribution in [0.3, 0.4) is 0 Å². The van der Waals surface area contributed by atoms with E-state index in [1.165, 1.54) is 12.8 Å². The van der Waals surface area contributed by atoms with Gasteiger partial charge in [0.1, 0.15) is 11.5 Å². The van der Waals surface area contributed by atoms with Gasteiger partial charge in [0.05, 0.1) is 6.54 Å². The average Bonchev–Trinajstić information content (AvgIpc) is 2.96. The Bertz CT molecular complexity index is 323. The molecule has 1 fully saturated rings. The third kappa shape index (κ3) is 2.63.